The third-order valence-corrected chi connectivity index (χ3v) is 3.06. The van der Waals surface area contributed by atoms with E-state index >= 15 is 0 Å². The van der Waals surface area contributed by atoms with Gasteiger partial charge in [-0.15, -0.1) is 13.2 Å². The van der Waals surface area contributed by atoms with Gasteiger partial charge in [0.1, 0.15) is 0 Å². The first-order valence-corrected chi connectivity index (χ1v) is 4.64. The minimum atomic E-state index is -0.199. The monoisotopic (exact) mass is 166 g/mol. The van der Waals surface area contributed by atoms with Gasteiger partial charge in [0.05, 0.1) is 6.10 Å². The molecule has 0 aliphatic heterocycles. The Morgan fingerprint density at radius 1 is 1.42 bits per heavy atom. The van der Waals surface area contributed by atoms with E-state index in [9.17, 15) is 5.11 Å². The van der Waals surface area contributed by atoms with Crippen LogP contribution in [0.15, 0.2) is 25.3 Å². The summed E-state index contributed by atoms with van der Waals surface area (Å²) in [5, 5.41) is 9.83. The summed E-state index contributed by atoms with van der Waals surface area (Å²) < 4.78 is 0. The van der Waals surface area contributed by atoms with Crippen LogP contribution in [0.2, 0.25) is 0 Å². The highest BCUT2D eigenvalue weighted by Gasteiger charge is 2.34. The first-order chi connectivity index (χ1) is 5.70. The van der Waals surface area contributed by atoms with Crippen molar-refractivity contribution in [1.82, 2.24) is 0 Å². The summed E-state index contributed by atoms with van der Waals surface area (Å²) in [4.78, 5) is 0. The second kappa shape index (κ2) is 3.90. The Balaban J connectivity index is 2.59. The van der Waals surface area contributed by atoms with Crippen molar-refractivity contribution in [2.24, 2.45) is 17.8 Å². The molecule has 0 aromatic rings. The van der Waals surface area contributed by atoms with Crippen LogP contribution < -0.4 is 0 Å². The van der Waals surface area contributed by atoms with Gasteiger partial charge in [-0.1, -0.05) is 19.1 Å². The van der Waals surface area contributed by atoms with Crippen LogP contribution >= 0.6 is 0 Å². The van der Waals surface area contributed by atoms with Crippen LogP contribution in [0.1, 0.15) is 19.8 Å². The first-order valence-electron chi connectivity index (χ1n) is 4.64. The number of rotatable bonds is 3. The van der Waals surface area contributed by atoms with Gasteiger partial charge in [0.25, 0.3) is 0 Å². The number of aliphatic hydroxyl groups is 1. The molecule has 0 amide bonds. The second-order valence-electron chi connectivity index (χ2n) is 3.73. The van der Waals surface area contributed by atoms with Crippen LogP contribution in [-0.4, -0.2) is 11.2 Å². The summed E-state index contributed by atoms with van der Waals surface area (Å²) >= 11 is 0. The molecule has 0 spiro atoms. The van der Waals surface area contributed by atoms with Crippen molar-refractivity contribution in [3.63, 3.8) is 0 Å². The molecule has 1 rings (SSSR count). The second-order valence-corrected chi connectivity index (χ2v) is 3.73. The normalized spacial score (nSPS) is 37.7. The lowest BCUT2D eigenvalue weighted by Gasteiger charge is -2.21. The van der Waals surface area contributed by atoms with Crippen molar-refractivity contribution in [2.45, 2.75) is 25.9 Å². The van der Waals surface area contributed by atoms with E-state index in [1.807, 2.05) is 12.2 Å². The lowest BCUT2D eigenvalue weighted by Crippen LogP contribution is -2.23. The molecule has 4 unspecified atom stereocenters. The van der Waals surface area contributed by atoms with E-state index in [2.05, 4.69) is 20.1 Å². The Bertz CT molecular complexity index is 174. The standard InChI is InChI=1S/C11H18O/c1-4-8(3)10-7-6-9(5-2)11(10)12/h4-5,8-12H,1-2,6-7H2,3H3. The maximum atomic E-state index is 9.83. The van der Waals surface area contributed by atoms with Crippen molar-refractivity contribution in [2.75, 3.05) is 0 Å². The molecule has 1 saturated carbocycles. The van der Waals surface area contributed by atoms with Gasteiger partial charge in [0, 0.05) is 5.92 Å². The van der Waals surface area contributed by atoms with Gasteiger partial charge < -0.3 is 5.11 Å². The Kier molecular flexibility index (Phi) is 3.10. The van der Waals surface area contributed by atoms with Gasteiger partial charge >= 0.3 is 0 Å². The molecular weight excluding hydrogens is 148 g/mol. The van der Waals surface area contributed by atoms with Crippen LogP contribution in [-0.2, 0) is 0 Å². The third kappa shape index (κ3) is 1.61. The molecule has 4 atom stereocenters. The van der Waals surface area contributed by atoms with Gasteiger partial charge in [0.15, 0.2) is 0 Å². The molecule has 0 aromatic heterocycles. The van der Waals surface area contributed by atoms with Crippen LogP contribution in [0, 0.1) is 17.8 Å². The first kappa shape index (κ1) is 9.53. The van der Waals surface area contributed by atoms with Gasteiger partial charge in [-0.05, 0) is 24.7 Å². The average Bonchev–Trinajstić information content (AvgIpc) is 2.45. The van der Waals surface area contributed by atoms with Crippen molar-refractivity contribution < 1.29 is 5.11 Å². The zero-order valence-electron chi connectivity index (χ0n) is 7.74. The molecule has 1 fully saturated rings. The molecular formula is C11H18O. The number of hydrogen-bond acceptors (Lipinski definition) is 1. The predicted molar refractivity (Wildman–Crippen MR) is 51.8 cm³/mol. The molecule has 0 bridgehead atoms. The van der Waals surface area contributed by atoms with Gasteiger partial charge in [0.2, 0.25) is 0 Å². The van der Waals surface area contributed by atoms with E-state index in [1.165, 1.54) is 0 Å². The van der Waals surface area contributed by atoms with Gasteiger partial charge in [-0.25, -0.2) is 0 Å². The van der Waals surface area contributed by atoms with Crippen LogP contribution in [0.5, 0.6) is 0 Å². The van der Waals surface area contributed by atoms with Crippen LogP contribution in [0.4, 0.5) is 0 Å². The number of allylic oxidation sites excluding steroid dienone is 1. The molecule has 1 nitrogen and oxygen atoms in total. The fourth-order valence-corrected chi connectivity index (χ4v) is 2.05. The average molecular weight is 166 g/mol. The van der Waals surface area contributed by atoms with E-state index in [-0.39, 0.29) is 6.10 Å². The van der Waals surface area contributed by atoms with Crippen molar-refractivity contribution in [1.29, 1.82) is 0 Å². The van der Waals surface area contributed by atoms with Crippen molar-refractivity contribution in [3.8, 4) is 0 Å². The molecule has 1 aliphatic rings. The molecule has 12 heavy (non-hydrogen) atoms. The van der Waals surface area contributed by atoms with Gasteiger partial charge in [-0.2, -0.15) is 0 Å². The smallest absolute Gasteiger partial charge is 0.0636 e. The summed E-state index contributed by atoms with van der Waals surface area (Å²) in [7, 11) is 0. The molecule has 68 valence electrons. The Labute approximate surface area is 74.8 Å². The number of aliphatic hydroxyl groups excluding tert-OH is 1. The topological polar surface area (TPSA) is 20.2 Å². The predicted octanol–water partition coefficient (Wildman–Crippen LogP) is 2.38. The molecule has 0 aromatic carbocycles. The molecule has 1 heteroatoms. The summed E-state index contributed by atoms with van der Waals surface area (Å²) in [5.41, 5.74) is 0. The minimum absolute atomic E-state index is 0.199. The van der Waals surface area contributed by atoms with Gasteiger partial charge in [-0.3, -0.25) is 0 Å². The summed E-state index contributed by atoms with van der Waals surface area (Å²) in [5.74, 6) is 1.12. The lowest BCUT2D eigenvalue weighted by atomic mass is 9.89. The molecule has 0 heterocycles. The Hall–Kier alpha value is -0.560. The largest absolute Gasteiger partial charge is 0.392 e. The molecule has 0 radical (unpaired) electrons. The Morgan fingerprint density at radius 2 is 2.08 bits per heavy atom. The highest BCUT2D eigenvalue weighted by Crippen LogP contribution is 2.36. The molecule has 1 aliphatic carbocycles. The van der Waals surface area contributed by atoms with Crippen LogP contribution in [0.3, 0.4) is 0 Å². The highest BCUT2D eigenvalue weighted by atomic mass is 16.3. The van der Waals surface area contributed by atoms with Crippen LogP contribution in [0.25, 0.3) is 0 Å². The number of hydrogen-bond donors (Lipinski definition) is 1. The quantitative estimate of drug-likeness (QED) is 0.638. The molecule has 0 saturated heterocycles. The third-order valence-electron chi connectivity index (χ3n) is 3.06. The van der Waals surface area contributed by atoms with Crippen molar-refractivity contribution >= 4 is 0 Å². The minimum Gasteiger partial charge on any atom is -0.392 e. The zero-order valence-corrected chi connectivity index (χ0v) is 7.74. The van der Waals surface area contributed by atoms with E-state index in [0.29, 0.717) is 17.8 Å². The van der Waals surface area contributed by atoms with E-state index in [1.54, 1.807) is 0 Å². The van der Waals surface area contributed by atoms with E-state index in [0.717, 1.165) is 12.8 Å². The lowest BCUT2D eigenvalue weighted by molar-refractivity contribution is 0.0918. The van der Waals surface area contributed by atoms with E-state index in [4.69, 9.17) is 0 Å². The fraction of sp³-hybridized carbons (Fsp3) is 0.636. The maximum Gasteiger partial charge on any atom is 0.0636 e. The summed E-state index contributed by atoms with van der Waals surface area (Å²) in [6.45, 7) is 9.60. The SMILES string of the molecule is C=CC(C)C1CCC(C=C)C1O. The highest BCUT2D eigenvalue weighted by molar-refractivity contribution is 4.98. The maximum absolute atomic E-state index is 9.83. The van der Waals surface area contributed by atoms with Crippen molar-refractivity contribution in [3.05, 3.63) is 25.3 Å². The summed E-state index contributed by atoms with van der Waals surface area (Å²) in [6.07, 6.45) is 5.79. The van der Waals surface area contributed by atoms with E-state index < -0.39 is 0 Å². The summed E-state index contributed by atoms with van der Waals surface area (Å²) in [6, 6.07) is 0. The zero-order chi connectivity index (χ0) is 9.14. The molecule has 1 N–H and O–H groups in total. The fourth-order valence-electron chi connectivity index (χ4n) is 2.05. The Morgan fingerprint density at radius 3 is 2.50 bits per heavy atom.